The Balaban J connectivity index is 1.74. The lowest BCUT2D eigenvalue weighted by atomic mass is 10.2. The standard InChI is InChI=1S/C22H23NO5/c1-3-14-27-19-11-8-17(9-12-19)10-13-22(25)28-16-21(24)23-15-18-6-4-5-7-20(18)26-2/h3-13H,1,14-16H2,2H3,(H,23,24)/b13-10+. The van der Waals surface area contributed by atoms with Crippen LogP contribution in [0.3, 0.4) is 0 Å². The number of benzene rings is 2. The predicted molar refractivity (Wildman–Crippen MR) is 107 cm³/mol. The Morgan fingerprint density at radius 1 is 1.11 bits per heavy atom. The Labute approximate surface area is 164 Å². The van der Waals surface area contributed by atoms with E-state index < -0.39 is 11.9 Å². The highest BCUT2D eigenvalue weighted by Gasteiger charge is 2.07. The van der Waals surface area contributed by atoms with Crippen LogP contribution < -0.4 is 14.8 Å². The summed E-state index contributed by atoms with van der Waals surface area (Å²) >= 11 is 0. The fraction of sp³-hybridized carbons (Fsp3) is 0.182. The summed E-state index contributed by atoms with van der Waals surface area (Å²) in [5, 5.41) is 2.68. The predicted octanol–water partition coefficient (Wildman–Crippen LogP) is 3.13. The molecule has 6 nitrogen and oxygen atoms in total. The normalized spacial score (nSPS) is 10.3. The molecule has 0 saturated carbocycles. The molecule has 0 radical (unpaired) electrons. The molecule has 146 valence electrons. The quantitative estimate of drug-likeness (QED) is 0.389. The van der Waals surface area contributed by atoms with Crippen molar-refractivity contribution in [2.24, 2.45) is 0 Å². The van der Waals surface area contributed by atoms with Crippen molar-refractivity contribution in [2.75, 3.05) is 20.3 Å². The summed E-state index contributed by atoms with van der Waals surface area (Å²) < 4.78 is 15.5. The average Bonchev–Trinajstić information content (AvgIpc) is 2.74. The molecule has 2 aromatic rings. The van der Waals surface area contributed by atoms with Gasteiger partial charge in [0.1, 0.15) is 18.1 Å². The number of rotatable bonds is 10. The first-order chi connectivity index (χ1) is 13.6. The van der Waals surface area contributed by atoms with Gasteiger partial charge >= 0.3 is 5.97 Å². The molecule has 0 aliphatic rings. The number of carbonyl (C=O) groups is 2. The van der Waals surface area contributed by atoms with Gasteiger partial charge in [-0.05, 0) is 29.8 Å². The van der Waals surface area contributed by atoms with Crippen molar-refractivity contribution >= 4 is 18.0 Å². The fourth-order valence-corrected chi connectivity index (χ4v) is 2.27. The van der Waals surface area contributed by atoms with Crippen molar-refractivity contribution in [1.29, 1.82) is 0 Å². The minimum absolute atomic E-state index is 0.288. The van der Waals surface area contributed by atoms with Gasteiger partial charge in [-0.2, -0.15) is 0 Å². The first-order valence-electron chi connectivity index (χ1n) is 8.69. The molecule has 28 heavy (non-hydrogen) atoms. The smallest absolute Gasteiger partial charge is 0.331 e. The molecule has 0 aromatic heterocycles. The first-order valence-corrected chi connectivity index (χ1v) is 8.69. The number of amides is 1. The van der Waals surface area contributed by atoms with Crippen molar-refractivity contribution < 1.29 is 23.8 Å². The monoisotopic (exact) mass is 381 g/mol. The highest BCUT2D eigenvalue weighted by Crippen LogP contribution is 2.16. The van der Waals surface area contributed by atoms with Crippen molar-refractivity contribution in [3.8, 4) is 11.5 Å². The Kier molecular flexibility index (Phi) is 8.33. The number of esters is 1. The molecule has 2 aromatic carbocycles. The van der Waals surface area contributed by atoms with E-state index in [4.69, 9.17) is 14.2 Å². The molecular formula is C22H23NO5. The molecule has 0 atom stereocenters. The molecule has 1 N–H and O–H groups in total. The number of methoxy groups -OCH3 is 1. The van der Waals surface area contributed by atoms with E-state index in [1.54, 1.807) is 31.4 Å². The lowest BCUT2D eigenvalue weighted by Gasteiger charge is -2.09. The van der Waals surface area contributed by atoms with Gasteiger partial charge in [-0.3, -0.25) is 4.79 Å². The van der Waals surface area contributed by atoms with Crippen molar-refractivity contribution in [3.05, 3.63) is 78.4 Å². The summed E-state index contributed by atoms with van der Waals surface area (Å²) in [4.78, 5) is 23.6. The van der Waals surface area contributed by atoms with Crippen LogP contribution in [-0.2, 0) is 20.9 Å². The summed E-state index contributed by atoms with van der Waals surface area (Å²) in [5.41, 5.74) is 1.65. The van der Waals surface area contributed by atoms with Gasteiger partial charge in [0.15, 0.2) is 6.61 Å². The van der Waals surface area contributed by atoms with Crippen molar-refractivity contribution in [1.82, 2.24) is 5.32 Å². The molecule has 0 bridgehead atoms. The van der Waals surface area contributed by atoms with E-state index in [-0.39, 0.29) is 13.2 Å². The number of hydrogen-bond acceptors (Lipinski definition) is 5. The zero-order valence-electron chi connectivity index (χ0n) is 15.7. The van der Waals surface area contributed by atoms with Crippen LogP contribution in [0.15, 0.2) is 67.3 Å². The maximum absolute atomic E-state index is 11.8. The maximum atomic E-state index is 11.8. The van der Waals surface area contributed by atoms with E-state index in [1.807, 2.05) is 36.4 Å². The van der Waals surface area contributed by atoms with Gasteiger partial charge in [-0.15, -0.1) is 0 Å². The van der Waals surface area contributed by atoms with Crippen molar-refractivity contribution in [2.45, 2.75) is 6.54 Å². The van der Waals surface area contributed by atoms with E-state index in [0.29, 0.717) is 18.1 Å². The maximum Gasteiger partial charge on any atom is 0.331 e. The zero-order valence-corrected chi connectivity index (χ0v) is 15.7. The van der Waals surface area contributed by atoms with Crippen LogP contribution in [0.25, 0.3) is 6.08 Å². The van der Waals surface area contributed by atoms with Crippen LogP contribution in [0.1, 0.15) is 11.1 Å². The van der Waals surface area contributed by atoms with Gasteiger partial charge < -0.3 is 19.5 Å². The highest BCUT2D eigenvalue weighted by molar-refractivity contribution is 5.89. The summed E-state index contributed by atoms with van der Waals surface area (Å²) in [6.07, 6.45) is 4.54. The zero-order chi connectivity index (χ0) is 20.2. The average molecular weight is 381 g/mol. The Hall–Kier alpha value is -3.54. The van der Waals surface area contributed by atoms with Gasteiger partial charge in [-0.1, -0.05) is 43.0 Å². The first kappa shape index (κ1) is 20.8. The van der Waals surface area contributed by atoms with Gasteiger partial charge in [-0.25, -0.2) is 4.79 Å². The Bertz CT molecular complexity index is 827. The summed E-state index contributed by atoms with van der Waals surface area (Å²) in [5.74, 6) is 0.408. The second-order valence-corrected chi connectivity index (χ2v) is 5.70. The Morgan fingerprint density at radius 3 is 2.57 bits per heavy atom. The van der Waals surface area contributed by atoms with Crippen LogP contribution in [0, 0.1) is 0 Å². The lowest BCUT2D eigenvalue weighted by Crippen LogP contribution is -2.28. The summed E-state index contributed by atoms with van der Waals surface area (Å²) in [6.45, 7) is 3.95. The van der Waals surface area contributed by atoms with Gasteiger partial charge in [0.25, 0.3) is 5.91 Å². The molecule has 2 rings (SSSR count). The number of ether oxygens (including phenoxy) is 3. The van der Waals surface area contributed by atoms with E-state index in [2.05, 4.69) is 11.9 Å². The lowest BCUT2D eigenvalue weighted by molar-refractivity contribution is -0.143. The number of para-hydroxylation sites is 1. The summed E-state index contributed by atoms with van der Waals surface area (Å²) in [7, 11) is 1.57. The second kappa shape index (κ2) is 11.2. The SMILES string of the molecule is C=CCOc1ccc(/C=C/C(=O)OCC(=O)NCc2ccccc2OC)cc1. The molecule has 0 aliphatic carbocycles. The van der Waals surface area contributed by atoms with Crippen LogP contribution in [-0.4, -0.2) is 32.2 Å². The van der Waals surface area contributed by atoms with Crippen LogP contribution in [0.5, 0.6) is 11.5 Å². The van der Waals surface area contributed by atoms with E-state index in [0.717, 1.165) is 11.1 Å². The number of hydrogen-bond donors (Lipinski definition) is 1. The summed E-state index contributed by atoms with van der Waals surface area (Å²) in [6, 6.07) is 14.6. The minimum atomic E-state index is -0.598. The number of carbonyl (C=O) groups excluding carboxylic acids is 2. The number of nitrogens with one attached hydrogen (secondary N) is 1. The van der Waals surface area contributed by atoms with Crippen molar-refractivity contribution in [3.63, 3.8) is 0 Å². The molecular weight excluding hydrogens is 358 g/mol. The van der Waals surface area contributed by atoms with E-state index >= 15 is 0 Å². The molecule has 0 aliphatic heterocycles. The topological polar surface area (TPSA) is 73.9 Å². The molecule has 0 spiro atoms. The third-order valence-corrected chi connectivity index (χ3v) is 3.67. The van der Waals surface area contributed by atoms with Gasteiger partial charge in [0, 0.05) is 18.2 Å². The van der Waals surface area contributed by atoms with Crippen LogP contribution in [0.2, 0.25) is 0 Å². The Morgan fingerprint density at radius 2 is 1.86 bits per heavy atom. The highest BCUT2D eigenvalue weighted by atomic mass is 16.5. The molecule has 6 heteroatoms. The molecule has 1 amide bonds. The van der Waals surface area contributed by atoms with Gasteiger partial charge in [0.05, 0.1) is 7.11 Å². The molecule has 0 unspecified atom stereocenters. The third kappa shape index (κ3) is 6.99. The second-order valence-electron chi connectivity index (χ2n) is 5.70. The largest absolute Gasteiger partial charge is 0.496 e. The van der Waals surface area contributed by atoms with E-state index in [1.165, 1.54) is 6.08 Å². The van der Waals surface area contributed by atoms with Gasteiger partial charge in [0.2, 0.25) is 0 Å². The third-order valence-electron chi connectivity index (χ3n) is 3.67. The molecule has 0 saturated heterocycles. The molecule has 0 heterocycles. The van der Waals surface area contributed by atoms with E-state index in [9.17, 15) is 9.59 Å². The molecule has 0 fully saturated rings. The van der Waals surface area contributed by atoms with Crippen LogP contribution in [0.4, 0.5) is 0 Å². The fourth-order valence-electron chi connectivity index (χ4n) is 2.27. The minimum Gasteiger partial charge on any atom is -0.496 e. The van der Waals surface area contributed by atoms with Crippen LogP contribution >= 0.6 is 0 Å².